The Bertz CT molecular complexity index is 389. The van der Waals surface area contributed by atoms with Gasteiger partial charge in [0.05, 0.1) is 6.10 Å². The first-order valence-electron chi connectivity index (χ1n) is 6.21. The molecule has 5 nitrogen and oxygen atoms in total. The number of carbonyl (C=O) groups excluding carboxylic acids is 1. The van der Waals surface area contributed by atoms with E-state index >= 15 is 0 Å². The molecule has 0 bridgehead atoms. The number of aryl methyl sites for hydroxylation is 1. The normalized spacial score (nSPS) is 23.9. The number of hydrogen-bond acceptors (Lipinski definition) is 3. The van der Waals surface area contributed by atoms with Crippen molar-refractivity contribution < 1.29 is 9.90 Å². The Kier molecular flexibility index (Phi) is 3.78. The molecule has 3 N–H and O–H groups in total. The second kappa shape index (κ2) is 5.31. The van der Waals surface area contributed by atoms with Crippen molar-refractivity contribution in [3.8, 4) is 0 Å². The first-order chi connectivity index (χ1) is 8.20. The van der Waals surface area contributed by atoms with Crippen molar-refractivity contribution >= 4 is 5.91 Å². The van der Waals surface area contributed by atoms with Gasteiger partial charge in [-0.2, -0.15) is 5.10 Å². The highest BCUT2D eigenvalue weighted by molar-refractivity contribution is 5.92. The van der Waals surface area contributed by atoms with Crippen LogP contribution in [0.4, 0.5) is 0 Å². The van der Waals surface area contributed by atoms with E-state index in [0.717, 1.165) is 31.4 Å². The number of aliphatic hydroxyl groups excluding tert-OH is 1. The zero-order valence-electron chi connectivity index (χ0n) is 10.1. The van der Waals surface area contributed by atoms with Crippen molar-refractivity contribution in [1.82, 2.24) is 15.5 Å². The van der Waals surface area contributed by atoms with E-state index in [4.69, 9.17) is 0 Å². The molecule has 2 atom stereocenters. The number of carbonyl (C=O) groups is 1. The van der Waals surface area contributed by atoms with E-state index in [1.54, 1.807) is 6.07 Å². The summed E-state index contributed by atoms with van der Waals surface area (Å²) in [6, 6.07) is 1.76. The van der Waals surface area contributed by atoms with Gasteiger partial charge in [-0.05, 0) is 25.3 Å². The summed E-state index contributed by atoms with van der Waals surface area (Å²) in [5, 5.41) is 19.2. The first kappa shape index (κ1) is 12.1. The Morgan fingerprint density at radius 1 is 1.65 bits per heavy atom. The molecular formula is C12H19N3O2. The fourth-order valence-electron chi connectivity index (χ4n) is 2.23. The van der Waals surface area contributed by atoms with E-state index in [9.17, 15) is 9.90 Å². The van der Waals surface area contributed by atoms with Crippen LogP contribution in [0.1, 0.15) is 42.4 Å². The molecule has 1 fully saturated rings. The van der Waals surface area contributed by atoms with Crippen LogP contribution in [-0.4, -0.2) is 33.9 Å². The molecule has 0 aromatic carbocycles. The van der Waals surface area contributed by atoms with Gasteiger partial charge >= 0.3 is 0 Å². The number of nitrogens with one attached hydrogen (secondary N) is 2. The van der Waals surface area contributed by atoms with E-state index in [2.05, 4.69) is 15.5 Å². The fourth-order valence-corrected chi connectivity index (χ4v) is 2.23. The monoisotopic (exact) mass is 237 g/mol. The van der Waals surface area contributed by atoms with Crippen LogP contribution >= 0.6 is 0 Å². The number of aromatic amines is 1. The maximum Gasteiger partial charge on any atom is 0.271 e. The lowest BCUT2D eigenvalue weighted by Gasteiger charge is -2.14. The molecule has 1 aromatic rings. The molecule has 94 valence electrons. The van der Waals surface area contributed by atoms with E-state index in [1.165, 1.54) is 0 Å². The second-order valence-electron chi connectivity index (χ2n) is 4.60. The van der Waals surface area contributed by atoms with Gasteiger partial charge < -0.3 is 10.4 Å². The summed E-state index contributed by atoms with van der Waals surface area (Å²) >= 11 is 0. The highest BCUT2D eigenvalue weighted by Crippen LogP contribution is 2.24. The molecule has 5 heteroatoms. The Hall–Kier alpha value is -1.36. The number of aromatic nitrogens is 2. The first-order valence-corrected chi connectivity index (χ1v) is 6.21. The van der Waals surface area contributed by atoms with Gasteiger partial charge in [-0.15, -0.1) is 0 Å². The lowest BCUT2D eigenvalue weighted by Crippen LogP contribution is -2.32. The summed E-state index contributed by atoms with van der Waals surface area (Å²) in [6.45, 7) is 2.54. The average molecular weight is 237 g/mol. The van der Waals surface area contributed by atoms with Crippen LogP contribution in [0, 0.1) is 5.92 Å². The van der Waals surface area contributed by atoms with Crippen LogP contribution in [0.3, 0.4) is 0 Å². The largest absolute Gasteiger partial charge is 0.393 e. The molecule has 1 aromatic heterocycles. The number of H-pyrrole nitrogens is 1. The molecule has 1 saturated carbocycles. The molecule has 1 aliphatic rings. The van der Waals surface area contributed by atoms with Gasteiger partial charge in [-0.1, -0.05) is 13.3 Å². The zero-order chi connectivity index (χ0) is 12.3. The Morgan fingerprint density at radius 2 is 2.47 bits per heavy atom. The molecule has 1 aliphatic carbocycles. The van der Waals surface area contributed by atoms with Crippen LogP contribution in [0.15, 0.2) is 6.07 Å². The quantitative estimate of drug-likeness (QED) is 0.727. The van der Waals surface area contributed by atoms with Crippen LogP contribution in [-0.2, 0) is 6.42 Å². The third-order valence-electron chi connectivity index (χ3n) is 3.39. The highest BCUT2D eigenvalue weighted by atomic mass is 16.3. The van der Waals surface area contributed by atoms with Crippen molar-refractivity contribution in [1.29, 1.82) is 0 Å². The average Bonchev–Trinajstić information content (AvgIpc) is 2.94. The van der Waals surface area contributed by atoms with Crippen LogP contribution in [0.25, 0.3) is 0 Å². The van der Waals surface area contributed by atoms with Crippen LogP contribution in [0.2, 0.25) is 0 Å². The molecule has 0 saturated heterocycles. The SMILES string of the molecule is CCc1cc(C(=O)NCC2CCCC2O)n[nH]1. The van der Waals surface area contributed by atoms with Gasteiger partial charge in [0.15, 0.2) is 0 Å². The Morgan fingerprint density at radius 3 is 3.06 bits per heavy atom. The minimum absolute atomic E-state index is 0.167. The van der Waals surface area contributed by atoms with E-state index < -0.39 is 0 Å². The van der Waals surface area contributed by atoms with Crippen molar-refractivity contribution in [2.45, 2.75) is 38.7 Å². The van der Waals surface area contributed by atoms with E-state index in [1.807, 2.05) is 6.92 Å². The van der Waals surface area contributed by atoms with Crippen LogP contribution in [0.5, 0.6) is 0 Å². The number of hydrogen-bond donors (Lipinski definition) is 3. The summed E-state index contributed by atoms with van der Waals surface area (Å²) in [7, 11) is 0. The topological polar surface area (TPSA) is 78.0 Å². The maximum atomic E-state index is 11.8. The minimum atomic E-state index is -0.263. The van der Waals surface area contributed by atoms with Gasteiger partial charge in [0, 0.05) is 18.2 Å². The zero-order valence-corrected chi connectivity index (χ0v) is 10.1. The number of amides is 1. The molecule has 2 unspecified atom stereocenters. The minimum Gasteiger partial charge on any atom is -0.393 e. The Labute approximate surface area is 101 Å². The summed E-state index contributed by atoms with van der Waals surface area (Å²) in [5.41, 5.74) is 1.38. The summed E-state index contributed by atoms with van der Waals surface area (Å²) in [6.07, 6.45) is 3.46. The van der Waals surface area contributed by atoms with E-state index in [-0.39, 0.29) is 17.9 Å². The predicted octanol–water partition coefficient (Wildman–Crippen LogP) is 0.863. The molecule has 17 heavy (non-hydrogen) atoms. The standard InChI is InChI=1S/C12H19N3O2/c1-2-9-6-10(15-14-9)12(17)13-7-8-4-3-5-11(8)16/h6,8,11,16H,2-5,7H2,1H3,(H,13,17)(H,14,15). The van der Waals surface area contributed by atoms with Gasteiger partial charge in [0.25, 0.3) is 5.91 Å². The second-order valence-corrected chi connectivity index (χ2v) is 4.60. The van der Waals surface area contributed by atoms with Crippen molar-refractivity contribution in [3.05, 3.63) is 17.5 Å². The van der Waals surface area contributed by atoms with Gasteiger partial charge in [0.2, 0.25) is 0 Å². The Balaban J connectivity index is 1.84. The molecule has 0 radical (unpaired) electrons. The van der Waals surface area contributed by atoms with Gasteiger partial charge in [0.1, 0.15) is 5.69 Å². The summed E-state index contributed by atoms with van der Waals surface area (Å²) in [5.74, 6) is 0.0311. The molecular weight excluding hydrogens is 218 g/mol. The number of nitrogens with zero attached hydrogens (tertiary/aromatic N) is 1. The number of aliphatic hydroxyl groups is 1. The third kappa shape index (κ3) is 2.85. The third-order valence-corrected chi connectivity index (χ3v) is 3.39. The lowest BCUT2D eigenvalue weighted by molar-refractivity contribution is 0.0912. The maximum absolute atomic E-state index is 11.8. The smallest absolute Gasteiger partial charge is 0.271 e. The molecule has 0 aliphatic heterocycles. The summed E-state index contributed by atoms with van der Waals surface area (Å²) in [4.78, 5) is 11.8. The number of rotatable bonds is 4. The fraction of sp³-hybridized carbons (Fsp3) is 0.667. The van der Waals surface area contributed by atoms with E-state index in [0.29, 0.717) is 12.2 Å². The lowest BCUT2D eigenvalue weighted by atomic mass is 10.1. The molecule has 2 rings (SSSR count). The van der Waals surface area contributed by atoms with Gasteiger partial charge in [-0.25, -0.2) is 0 Å². The predicted molar refractivity (Wildman–Crippen MR) is 63.6 cm³/mol. The molecule has 1 heterocycles. The van der Waals surface area contributed by atoms with Crippen molar-refractivity contribution in [2.24, 2.45) is 5.92 Å². The molecule has 1 amide bonds. The summed E-state index contributed by atoms with van der Waals surface area (Å²) < 4.78 is 0. The van der Waals surface area contributed by atoms with Crippen molar-refractivity contribution in [2.75, 3.05) is 6.54 Å². The molecule has 0 spiro atoms. The van der Waals surface area contributed by atoms with Crippen molar-refractivity contribution in [3.63, 3.8) is 0 Å². The van der Waals surface area contributed by atoms with Crippen LogP contribution < -0.4 is 5.32 Å². The van der Waals surface area contributed by atoms with Gasteiger partial charge in [-0.3, -0.25) is 9.89 Å². The highest BCUT2D eigenvalue weighted by Gasteiger charge is 2.25.